The summed E-state index contributed by atoms with van der Waals surface area (Å²) in [5.41, 5.74) is 5.48. The SMILES string of the molecule is NC(=O)C1(O)CCCN(Cc2ccnn2-c2ccc(F)cc2)C1. The minimum Gasteiger partial charge on any atom is -0.379 e. The average molecular weight is 318 g/mol. The van der Waals surface area contributed by atoms with Crippen LogP contribution < -0.4 is 5.73 Å². The highest BCUT2D eigenvalue weighted by molar-refractivity contribution is 5.83. The van der Waals surface area contributed by atoms with Crippen LogP contribution in [0.4, 0.5) is 4.39 Å². The van der Waals surface area contributed by atoms with E-state index in [2.05, 4.69) is 5.10 Å². The zero-order valence-electron chi connectivity index (χ0n) is 12.7. The lowest BCUT2D eigenvalue weighted by Gasteiger charge is -2.36. The normalized spacial score (nSPS) is 22.2. The Hall–Kier alpha value is -2.25. The molecule has 6 nitrogen and oxygen atoms in total. The Bertz CT molecular complexity index is 700. The van der Waals surface area contributed by atoms with Crippen LogP contribution in [0.2, 0.25) is 0 Å². The zero-order chi connectivity index (χ0) is 16.4. The van der Waals surface area contributed by atoms with E-state index in [1.54, 1.807) is 23.0 Å². The van der Waals surface area contributed by atoms with E-state index < -0.39 is 11.5 Å². The molecule has 0 bridgehead atoms. The number of likely N-dealkylation sites (tertiary alicyclic amines) is 1. The molecule has 2 heterocycles. The molecular formula is C16H19FN4O2. The summed E-state index contributed by atoms with van der Waals surface area (Å²) in [7, 11) is 0. The number of nitrogens with two attached hydrogens (primary N) is 1. The second-order valence-corrected chi connectivity index (χ2v) is 5.92. The Kier molecular flexibility index (Phi) is 4.14. The quantitative estimate of drug-likeness (QED) is 0.874. The molecule has 1 aromatic carbocycles. The van der Waals surface area contributed by atoms with Crippen molar-refractivity contribution in [3.8, 4) is 5.69 Å². The van der Waals surface area contributed by atoms with E-state index in [0.717, 1.165) is 17.9 Å². The van der Waals surface area contributed by atoms with E-state index in [9.17, 15) is 14.3 Å². The number of rotatable bonds is 4. The smallest absolute Gasteiger partial charge is 0.250 e. The number of carbonyl (C=O) groups is 1. The van der Waals surface area contributed by atoms with Crippen LogP contribution in [0.5, 0.6) is 0 Å². The first-order valence-corrected chi connectivity index (χ1v) is 7.51. The maximum Gasteiger partial charge on any atom is 0.250 e. The predicted octanol–water partition coefficient (Wildman–Crippen LogP) is 0.824. The standard InChI is InChI=1S/C16H19FN4O2/c17-12-2-4-13(5-3-12)21-14(6-8-19-21)10-20-9-1-7-16(23,11-20)15(18)22/h2-6,8,23H,1,7,9-11H2,(H2,18,22). The number of hydrogen-bond acceptors (Lipinski definition) is 4. The van der Waals surface area contributed by atoms with E-state index >= 15 is 0 Å². The lowest BCUT2D eigenvalue weighted by Crippen LogP contribution is -2.55. The first kappa shape index (κ1) is 15.6. The molecule has 122 valence electrons. The average Bonchev–Trinajstić information content (AvgIpc) is 2.96. The summed E-state index contributed by atoms with van der Waals surface area (Å²) in [4.78, 5) is 13.4. The van der Waals surface area contributed by atoms with Gasteiger partial charge in [0.1, 0.15) is 5.82 Å². The van der Waals surface area contributed by atoms with Gasteiger partial charge >= 0.3 is 0 Å². The topological polar surface area (TPSA) is 84.4 Å². The van der Waals surface area contributed by atoms with Crippen molar-refractivity contribution < 1.29 is 14.3 Å². The van der Waals surface area contributed by atoms with E-state index in [1.165, 1.54) is 12.1 Å². The van der Waals surface area contributed by atoms with Crippen molar-refractivity contribution in [3.05, 3.63) is 48.0 Å². The maximum absolute atomic E-state index is 13.1. The second kappa shape index (κ2) is 6.10. The third kappa shape index (κ3) is 3.25. The number of halogens is 1. The second-order valence-electron chi connectivity index (χ2n) is 5.92. The Morgan fingerprint density at radius 3 is 2.78 bits per heavy atom. The van der Waals surface area contributed by atoms with Gasteiger partial charge in [-0.1, -0.05) is 0 Å². The monoisotopic (exact) mass is 318 g/mol. The summed E-state index contributed by atoms with van der Waals surface area (Å²) in [5.74, 6) is -0.987. The van der Waals surface area contributed by atoms with Crippen molar-refractivity contribution in [1.29, 1.82) is 0 Å². The van der Waals surface area contributed by atoms with Gasteiger partial charge in [0.05, 0.1) is 11.4 Å². The number of piperidine rings is 1. The van der Waals surface area contributed by atoms with E-state index in [1.807, 2.05) is 11.0 Å². The third-order valence-corrected chi connectivity index (χ3v) is 4.19. The van der Waals surface area contributed by atoms with Gasteiger partial charge in [0.15, 0.2) is 5.60 Å². The molecule has 1 saturated heterocycles. The number of primary amides is 1. The summed E-state index contributed by atoms with van der Waals surface area (Å²) in [6.45, 7) is 1.49. The molecule has 3 N–H and O–H groups in total. The molecule has 2 aromatic rings. The van der Waals surface area contributed by atoms with Crippen LogP contribution >= 0.6 is 0 Å². The molecule has 1 aliphatic rings. The fourth-order valence-electron chi connectivity index (χ4n) is 2.95. The van der Waals surface area contributed by atoms with E-state index in [4.69, 9.17) is 5.73 Å². The summed E-state index contributed by atoms with van der Waals surface area (Å²) in [6.07, 6.45) is 2.75. The highest BCUT2D eigenvalue weighted by Crippen LogP contribution is 2.23. The van der Waals surface area contributed by atoms with Crippen LogP contribution in [0.15, 0.2) is 36.5 Å². The molecule has 0 saturated carbocycles. The minimum atomic E-state index is -1.47. The molecule has 3 rings (SSSR count). The molecule has 0 radical (unpaired) electrons. The Labute approximate surface area is 133 Å². The Balaban J connectivity index is 1.78. The number of nitrogens with zero attached hydrogens (tertiary/aromatic N) is 3. The number of β-amino-alcohol motifs (C(OH)–C–C–N with tert-alkyl or cyclic N) is 1. The zero-order valence-corrected chi connectivity index (χ0v) is 12.7. The molecule has 1 fully saturated rings. The molecule has 1 aromatic heterocycles. The van der Waals surface area contributed by atoms with Gasteiger partial charge in [-0.3, -0.25) is 9.69 Å². The van der Waals surface area contributed by atoms with Gasteiger partial charge in [0.25, 0.3) is 5.91 Å². The van der Waals surface area contributed by atoms with Gasteiger partial charge in [-0.2, -0.15) is 5.10 Å². The van der Waals surface area contributed by atoms with Crippen LogP contribution in [0.25, 0.3) is 5.69 Å². The highest BCUT2D eigenvalue weighted by atomic mass is 19.1. The van der Waals surface area contributed by atoms with Crippen LogP contribution in [-0.2, 0) is 11.3 Å². The molecule has 1 aliphatic heterocycles. The molecule has 7 heteroatoms. The fourth-order valence-corrected chi connectivity index (χ4v) is 2.95. The molecule has 1 amide bonds. The molecular weight excluding hydrogens is 299 g/mol. The van der Waals surface area contributed by atoms with Gasteiger partial charge in [-0.15, -0.1) is 0 Å². The minimum absolute atomic E-state index is 0.205. The van der Waals surface area contributed by atoms with E-state index in [-0.39, 0.29) is 12.4 Å². The van der Waals surface area contributed by atoms with Crippen LogP contribution in [0.3, 0.4) is 0 Å². The molecule has 1 unspecified atom stereocenters. The first-order valence-electron chi connectivity index (χ1n) is 7.51. The van der Waals surface area contributed by atoms with Crippen LogP contribution in [0.1, 0.15) is 18.5 Å². The highest BCUT2D eigenvalue weighted by Gasteiger charge is 2.38. The Morgan fingerprint density at radius 2 is 2.09 bits per heavy atom. The van der Waals surface area contributed by atoms with Gasteiger partial charge in [-0.25, -0.2) is 9.07 Å². The van der Waals surface area contributed by atoms with E-state index in [0.29, 0.717) is 19.4 Å². The maximum atomic E-state index is 13.1. The largest absolute Gasteiger partial charge is 0.379 e. The summed E-state index contributed by atoms with van der Waals surface area (Å²) < 4.78 is 14.8. The predicted molar refractivity (Wildman–Crippen MR) is 82.2 cm³/mol. The lowest BCUT2D eigenvalue weighted by molar-refractivity contribution is -0.142. The summed E-state index contributed by atoms with van der Waals surface area (Å²) in [6, 6.07) is 7.94. The number of aromatic nitrogens is 2. The molecule has 23 heavy (non-hydrogen) atoms. The summed E-state index contributed by atoms with van der Waals surface area (Å²) in [5, 5.41) is 14.6. The van der Waals surface area contributed by atoms with Crippen molar-refractivity contribution in [1.82, 2.24) is 14.7 Å². The molecule has 0 aliphatic carbocycles. The van der Waals surface area contributed by atoms with Crippen molar-refractivity contribution in [2.24, 2.45) is 5.73 Å². The van der Waals surface area contributed by atoms with Crippen molar-refractivity contribution in [3.63, 3.8) is 0 Å². The van der Waals surface area contributed by atoms with Gasteiger partial charge in [-0.05, 0) is 49.7 Å². The fraction of sp³-hybridized carbons (Fsp3) is 0.375. The van der Waals surface area contributed by atoms with Crippen molar-refractivity contribution in [2.45, 2.75) is 25.0 Å². The van der Waals surface area contributed by atoms with Gasteiger partial charge < -0.3 is 10.8 Å². The Morgan fingerprint density at radius 1 is 1.35 bits per heavy atom. The van der Waals surface area contributed by atoms with Crippen LogP contribution in [-0.4, -0.2) is 44.4 Å². The van der Waals surface area contributed by atoms with Crippen molar-refractivity contribution >= 4 is 5.91 Å². The number of hydrogen-bond donors (Lipinski definition) is 2. The van der Waals surface area contributed by atoms with Crippen molar-refractivity contribution in [2.75, 3.05) is 13.1 Å². The number of aliphatic hydroxyl groups is 1. The third-order valence-electron chi connectivity index (χ3n) is 4.19. The molecule has 1 atom stereocenters. The van der Waals surface area contributed by atoms with Gasteiger partial charge in [0, 0.05) is 19.3 Å². The number of benzene rings is 1. The summed E-state index contributed by atoms with van der Waals surface area (Å²) >= 11 is 0. The number of amides is 1. The van der Waals surface area contributed by atoms with Crippen LogP contribution in [0, 0.1) is 5.82 Å². The molecule has 0 spiro atoms. The van der Waals surface area contributed by atoms with Gasteiger partial charge in [0.2, 0.25) is 0 Å². The lowest BCUT2D eigenvalue weighted by atomic mass is 9.92. The number of carbonyl (C=O) groups excluding carboxylic acids is 1. The first-order chi connectivity index (χ1) is 11.0.